The molecule has 16 heavy (non-hydrogen) atoms. The van der Waals surface area contributed by atoms with Gasteiger partial charge in [-0.05, 0) is 24.0 Å². The molecule has 1 saturated heterocycles. The third-order valence-corrected chi connectivity index (χ3v) is 3.66. The predicted octanol–water partition coefficient (Wildman–Crippen LogP) is 1.80. The van der Waals surface area contributed by atoms with Gasteiger partial charge in [-0.2, -0.15) is 0 Å². The predicted molar refractivity (Wildman–Crippen MR) is 64.5 cm³/mol. The molecular formula is C13H20N2O. The molecule has 2 unspecified atom stereocenters. The smallest absolute Gasteiger partial charge is 0.193 e. The first-order chi connectivity index (χ1) is 7.58. The number of aromatic nitrogens is 1. The zero-order chi connectivity index (χ0) is 11.7. The molecule has 1 aromatic heterocycles. The maximum absolute atomic E-state index is 12.0. The van der Waals surface area contributed by atoms with Crippen LogP contribution in [-0.4, -0.2) is 34.9 Å². The second-order valence-electron chi connectivity index (χ2n) is 5.08. The van der Waals surface area contributed by atoms with Crippen molar-refractivity contribution in [1.29, 1.82) is 0 Å². The summed E-state index contributed by atoms with van der Waals surface area (Å²) in [6.45, 7) is 7.19. The van der Waals surface area contributed by atoms with E-state index in [1.54, 1.807) is 0 Å². The minimum atomic E-state index is 0.230. The quantitative estimate of drug-likeness (QED) is 0.726. The summed E-state index contributed by atoms with van der Waals surface area (Å²) >= 11 is 0. The number of Topliss-reactive ketones (excluding diaryl/α,β-unsaturated/α-hetero) is 1. The Morgan fingerprint density at radius 2 is 2.00 bits per heavy atom. The van der Waals surface area contributed by atoms with Gasteiger partial charge in [0.1, 0.15) is 0 Å². The number of likely N-dealkylation sites (tertiary alicyclic amines) is 1. The summed E-state index contributed by atoms with van der Waals surface area (Å²) in [5, 5.41) is 0. The van der Waals surface area contributed by atoms with Crippen molar-refractivity contribution < 1.29 is 4.79 Å². The van der Waals surface area contributed by atoms with Crippen LogP contribution in [0.5, 0.6) is 0 Å². The van der Waals surface area contributed by atoms with E-state index in [1.807, 2.05) is 29.9 Å². The van der Waals surface area contributed by atoms with E-state index >= 15 is 0 Å². The first kappa shape index (κ1) is 11.4. The van der Waals surface area contributed by atoms with Crippen LogP contribution in [0.1, 0.15) is 24.3 Å². The van der Waals surface area contributed by atoms with Crippen molar-refractivity contribution in [3.05, 3.63) is 24.0 Å². The minimum absolute atomic E-state index is 0.230. The molecule has 0 spiro atoms. The Bertz CT molecular complexity index is 373. The molecule has 0 aromatic carbocycles. The van der Waals surface area contributed by atoms with Crippen LogP contribution in [-0.2, 0) is 7.05 Å². The molecule has 3 nitrogen and oxygen atoms in total. The van der Waals surface area contributed by atoms with Gasteiger partial charge in [-0.25, -0.2) is 0 Å². The fourth-order valence-electron chi connectivity index (χ4n) is 2.41. The molecule has 0 saturated carbocycles. The molecule has 0 radical (unpaired) electrons. The van der Waals surface area contributed by atoms with Crippen LogP contribution in [0.4, 0.5) is 0 Å². The van der Waals surface area contributed by atoms with Crippen molar-refractivity contribution in [1.82, 2.24) is 9.47 Å². The van der Waals surface area contributed by atoms with Crippen molar-refractivity contribution in [2.45, 2.75) is 13.8 Å². The summed E-state index contributed by atoms with van der Waals surface area (Å²) < 4.78 is 1.89. The average Bonchev–Trinajstić information content (AvgIpc) is 2.74. The van der Waals surface area contributed by atoms with Crippen LogP contribution in [0.3, 0.4) is 0 Å². The molecule has 0 aliphatic carbocycles. The third kappa shape index (κ3) is 2.19. The number of aryl methyl sites for hydroxylation is 1. The van der Waals surface area contributed by atoms with E-state index in [2.05, 4.69) is 18.7 Å². The van der Waals surface area contributed by atoms with Gasteiger partial charge in [-0.1, -0.05) is 13.8 Å². The Morgan fingerprint density at radius 1 is 1.38 bits per heavy atom. The molecule has 1 aromatic rings. The normalized spacial score (nSPS) is 26.2. The highest BCUT2D eigenvalue weighted by atomic mass is 16.1. The molecular weight excluding hydrogens is 200 g/mol. The van der Waals surface area contributed by atoms with Gasteiger partial charge in [-0.15, -0.1) is 0 Å². The molecule has 88 valence electrons. The monoisotopic (exact) mass is 220 g/mol. The van der Waals surface area contributed by atoms with E-state index in [4.69, 9.17) is 0 Å². The second kappa shape index (κ2) is 4.42. The van der Waals surface area contributed by atoms with E-state index in [-0.39, 0.29) is 5.78 Å². The second-order valence-corrected chi connectivity index (χ2v) is 5.08. The maximum Gasteiger partial charge on any atom is 0.193 e. The lowest BCUT2D eigenvalue weighted by molar-refractivity contribution is 0.0934. The van der Waals surface area contributed by atoms with Crippen LogP contribution < -0.4 is 0 Å². The third-order valence-electron chi connectivity index (χ3n) is 3.66. The highest BCUT2D eigenvalue weighted by Gasteiger charge is 2.27. The van der Waals surface area contributed by atoms with Crippen molar-refractivity contribution in [3.8, 4) is 0 Å². The number of carbonyl (C=O) groups excluding carboxylic acids is 1. The Labute approximate surface area is 97.1 Å². The molecule has 2 heterocycles. The zero-order valence-corrected chi connectivity index (χ0v) is 10.3. The molecule has 2 atom stereocenters. The molecule has 3 heteroatoms. The molecule has 1 fully saturated rings. The first-order valence-electron chi connectivity index (χ1n) is 5.95. The summed E-state index contributed by atoms with van der Waals surface area (Å²) in [6.07, 6.45) is 1.92. The molecule has 1 aliphatic rings. The van der Waals surface area contributed by atoms with Crippen LogP contribution in [0, 0.1) is 11.8 Å². The summed E-state index contributed by atoms with van der Waals surface area (Å²) in [5.41, 5.74) is 0.812. The summed E-state index contributed by atoms with van der Waals surface area (Å²) in [4.78, 5) is 14.3. The average molecular weight is 220 g/mol. The topological polar surface area (TPSA) is 25.2 Å². The fourth-order valence-corrected chi connectivity index (χ4v) is 2.41. The van der Waals surface area contributed by atoms with Gasteiger partial charge in [0.25, 0.3) is 0 Å². The number of hydrogen-bond acceptors (Lipinski definition) is 2. The Hall–Kier alpha value is -1.09. The van der Waals surface area contributed by atoms with Gasteiger partial charge in [0.15, 0.2) is 5.78 Å². The summed E-state index contributed by atoms with van der Waals surface area (Å²) in [7, 11) is 1.92. The molecule has 0 bridgehead atoms. The van der Waals surface area contributed by atoms with Crippen molar-refractivity contribution >= 4 is 5.78 Å². The van der Waals surface area contributed by atoms with Gasteiger partial charge in [0, 0.05) is 26.3 Å². The van der Waals surface area contributed by atoms with Gasteiger partial charge < -0.3 is 4.57 Å². The SMILES string of the molecule is CC1CN(CC(=O)c2cccn2C)CC1C. The van der Waals surface area contributed by atoms with Gasteiger partial charge in [0.2, 0.25) is 0 Å². The number of ketones is 1. The van der Waals surface area contributed by atoms with E-state index in [0.29, 0.717) is 18.4 Å². The van der Waals surface area contributed by atoms with Crippen molar-refractivity contribution in [2.75, 3.05) is 19.6 Å². The molecule has 2 rings (SSSR count). The lowest BCUT2D eigenvalue weighted by Crippen LogP contribution is -2.28. The molecule has 0 amide bonds. The molecule has 0 N–H and O–H groups in total. The van der Waals surface area contributed by atoms with Crippen molar-refractivity contribution in [3.63, 3.8) is 0 Å². The Kier molecular flexibility index (Phi) is 3.15. The molecule has 1 aliphatic heterocycles. The van der Waals surface area contributed by atoms with E-state index < -0.39 is 0 Å². The van der Waals surface area contributed by atoms with Crippen LogP contribution in [0.2, 0.25) is 0 Å². The van der Waals surface area contributed by atoms with Crippen molar-refractivity contribution in [2.24, 2.45) is 18.9 Å². The number of nitrogens with zero attached hydrogens (tertiary/aromatic N) is 2. The fraction of sp³-hybridized carbons (Fsp3) is 0.615. The van der Waals surface area contributed by atoms with Gasteiger partial charge in [-0.3, -0.25) is 9.69 Å². The highest BCUT2D eigenvalue weighted by Crippen LogP contribution is 2.22. The summed E-state index contributed by atoms with van der Waals surface area (Å²) in [5.74, 6) is 1.65. The standard InChI is InChI=1S/C13H20N2O/c1-10-7-15(8-11(10)2)9-13(16)12-5-4-6-14(12)3/h4-6,10-11H,7-9H2,1-3H3. The number of carbonyl (C=O) groups is 1. The number of hydrogen-bond donors (Lipinski definition) is 0. The highest BCUT2D eigenvalue weighted by molar-refractivity contribution is 5.96. The van der Waals surface area contributed by atoms with Crippen LogP contribution in [0.15, 0.2) is 18.3 Å². The summed E-state index contributed by atoms with van der Waals surface area (Å²) in [6, 6.07) is 3.81. The number of rotatable bonds is 3. The van der Waals surface area contributed by atoms with Gasteiger partial charge >= 0.3 is 0 Å². The Balaban J connectivity index is 1.96. The van der Waals surface area contributed by atoms with E-state index in [0.717, 1.165) is 18.8 Å². The first-order valence-corrected chi connectivity index (χ1v) is 5.95. The maximum atomic E-state index is 12.0. The van der Waals surface area contributed by atoms with E-state index in [9.17, 15) is 4.79 Å². The largest absolute Gasteiger partial charge is 0.348 e. The Morgan fingerprint density at radius 3 is 2.50 bits per heavy atom. The lowest BCUT2D eigenvalue weighted by atomic mass is 10.0. The lowest BCUT2D eigenvalue weighted by Gasteiger charge is -2.14. The van der Waals surface area contributed by atoms with Gasteiger partial charge in [0.05, 0.1) is 12.2 Å². The van der Waals surface area contributed by atoms with Crippen LogP contribution >= 0.6 is 0 Å². The van der Waals surface area contributed by atoms with E-state index in [1.165, 1.54) is 0 Å². The zero-order valence-electron chi connectivity index (χ0n) is 10.3. The minimum Gasteiger partial charge on any atom is -0.348 e. The van der Waals surface area contributed by atoms with Crippen LogP contribution in [0.25, 0.3) is 0 Å².